The van der Waals surface area contributed by atoms with E-state index in [1.54, 1.807) is 6.07 Å². The monoisotopic (exact) mass is 313 g/mol. The first-order chi connectivity index (χ1) is 9.74. The van der Waals surface area contributed by atoms with E-state index >= 15 is 0 Å². The highest BCUT2D eigenvalue weighted by Crippen LogP contribution is 2.10. The maximum atomic E-state index is 11.9. The van der Waals surface area contributed by atoms with Gasteiger partial charge in [-0.15, -0.1) is 0 Å². The summed E-state index contributed by atoms with van der Waals surface area (Å²) in [5.41, 5.74) is 0. The van der Waals surface area contributed by atoms with Gasteiger partial charge in [0.2, 0.25) is 5.91 Å². The number of nitrogens with one attached hydrogen (secondary N) is 1. The molecule has 0 fully saturated rings. The van der Waals surface area contributed by atoms with Crippen LogP contribution in [0.5, 0.6) is 0 Å². The Balaban J connectivity index is 2.81. The van der Waals surface area contributed by atoms with E-state index in [9.17, 15) is 23.1 Å². The highest BCUT2D eigenvalue weighted by atomic mass is 32.2. The van der Waals surface area contributed by atoms with E-state index in [4.69, 9.17) is 5.11 Å². The summed E-state index contributed by atoms with van der Waals surface area (Å²) in [5.74, 6) is -2.35. The molecule has 1 amide bonds. The highest BCUT2D eigenvalue weighted by molar-refractivity contribution is 7.94. The van der Waals surface area contributed by atoms with Gasteiger partial charge >= 0.3 is 5.97 Å². The number of carboxylic acids is 1. The van der Waals surface area contributed by atoms with Crippen LogP contribution in [0.15, 0.2) is 46.7 Å². The van der Waals surface area contributed by atoms with Crippen LogP contribution in [0.25, 0.3) is 0 Å². The minimum atomic E-state index is -3.78. The van der Waals surface area contributed by atoms with Crippen molar-refractivity contribution in [2.24, 2.45) is 0 Å². The summed E-state index contributed by atoms with van der Waals surface area (Å²) in [6, 6.07) is 5.95. The van der Waals surface area contributed by atoms with Gasteiger partial charge in [0, 0.05) is 11.5 Å². The normalized spacial score (nSPS) is 14.6. The molecule has 0 bridgehead atoms. The number of aliphatic hydroxyl groups is 1. The van der Waals surface area contributed by atoms with Crippen molar-refractivity contribution in [3.05, 3.63) is 41.8 Å². The highest BCUT2D eigenvalue weighted by Gasteiger charge is 2.24. The van der Waals surface area contributed by atoms with Crippen LogP contribution < -0.4 is 5.32 Å². The van der Waals surface area contributed by atoms with E-state index in [1.165, 1.54) is 31.2 Å². The summed E-state index contributed by atoms with van der Waals surface area (Å²) in [5, 5.41) is 20.7. The Morgan fingerprint density at radius 3 is 2.29 bits per heavy atom. The second kappa shape index (κ2) is 7.00. The summed E-state index contributed by atoms with van der Waals surface area (Å²) in [4.78, 5) is 22.3. The smallest absolute Gasteiger partial charge is 0.328 e. The zero-order valence-corrected chi connectivity index (χ0v) is 11.9. The van der Waals surface area contributed by atoms with Crippen molar-refractivity contribution in [2.45, 2.75) is 24.0 Å². The van der Waals surface area contributed by atoms with Gasteiger partial charge in [0.05, 0.1) is 11.0 Å². The Morgan fingerprint density at radius 2 is 1.81 bits per heavy atom. The molecule has 8 heteroatoms. The summed E-state index contributed by atoms with van der Waals surface area (Å²) >= 11 is 0. The van der Waals surface area contributed by atoms with Crippen LogP contribution in [0.4, 0.5) is 0 Å². The lowest BCUT2D eigenvalue weighted by Crippen LogP contribution is -2.47. The first-order valence-corrected chi connectivity index (χ1v) is 7.48. The molecule has 0 saturated carbocycles. The molecule has 0 heterocycles. The van der Waals surface area contributed by atoms with Crippen molar-refractivity contribution >= 4 is 21.7 Å². The van der Waals surface area contributed by atoms with Crippen molar-refractivity contribution in [1.82, 2.24) is 5.32 Å². The first-order valence-electron chi connectivity index (χ1n) is 5.93. The lowest BCUT2D eigenvalue weighted by Gasteiger charge is -2.15. The van der Waals surface area contributed by atoms with Gasteiger partial charge in [-0.05, 0) is 19.1 Å². The topological polar surface area (TPSA) is 121 Å². The van der Waals surface area contributed by atoms with Crippen molar-refractivity contribution in [1.29, 1.82) is 0 Å². The van der Waals surface area contributed by atoms with Gasteiger partial charge in [0.1, 0.15) is 0 Å². The average Bonchev–Trinajstić information content (AvgIpc) is 2.43. The van der Waals surface area contributed by atoms with E-state index < -0.39 is 33.9 Å². The number of hydrogen-bond acceptors (Lipinski definition) is 5. The third kappa shape index (κ3) is 5.01. The molecular formula is C13H15NO6S. The third-order valence-corrected chi connectivity index (χ3v) is 3.94. The number of carboxylic acid groups (broad SMARTS) is 1. The molecule has 1 aromatic rings. The molecular weight excluding hydrogens is 298 g/mol. The first kappa shape index (κ1) is 16.9. The number of benzene rings is 1. The molecule has 1 rings (SSSR count). The molecule has 1 aromatic carbocycles. The molecule has 0 aromatic heterocycles. The Morgan fingerprint density at radius 1 is 1.24 bits per heavy atom. The largest absolute Gasteiger partial charge is 0.480 e. The van der Waals surface area contributed by atoms with E-state index in [2.05, 4.69) is 0 Å². The van der Waals surface area contributed by atoms with Crippen LogP contribution in [-0.4, -0.2) is 42.7 Å². The fourth-order valence-electron chi connectivity index (χ4n) is 1.43. The summed E-state index contributed by atoms with van der Waals surface area (Å²) < 4.78 is 23.7. The van der Waals surface area contributed by atoms with Crippen LogP contribution in [-0.2, 0) is 19.4 Å². The van der Waals surface area contributed by atoms with Crippen LogP contribution in [0.1, 0.15) is 6.92 Å². The second-order valence-corrected chi connectivity index (χ2v) is 6.06. The lowest BCUT2D eigenvalue weighted by atomic mass is 10.2. The zero-order chi connectivity index (χ0) is 16.0. The van der Waals surface area contributed by atoms with E-state index in [0.717, 1.165) is 0 Å². The minimum Gasteiger partial charge on any atom is -0.480 e. The Kier molecular flexibility index (Phi) is 5.62. The molecule has 114 valence electrons. The Hall–Kier alpha value is -2.19. The van der Waals surface area contributed by atoms with Crippen molar-refractivity contribution in [3.63, 3.8) is 0 Å². The predicted molar refractivity (Wildman–Crippen MR) is 74.0 cm³/mol. The molecule has 0 aliphatic heterocycles. The average molecular weight is 313 g/mol. The van der Waals surface area contributed by atoms with Gasteiger partial charge in [-0.25, -0.2) is 13.2 Å². The molecule has 0 saturated heterocycles. The number of hydrogen-bond donors (Lipinski definition) is 3. The van der Waals surface area contributed by atoms with Crippen LogP contribution in [0, 0.1) is 0 Å². The summed E-state index contributed by atoms with van der Waals surface area (Å²) in [7, 11) is -3.78. The summed E-state index contributed by atoms with van der Waals surface area (Å²) in [6.07, 6.45) is -0.605. The van der Waals surface area contributed by atoms with Gasteiger partial charge < -0.3 is 15.5 Å². The van der Waals surface area contributed by atoms with Gasteiger partial charge in [-0.3, -0.25) is 4.79 Å². The predicted octanol–water partition coefficient (Wildman–Crippen LogP) is -0.0758. The van der Waals surface area contributed by atoms with Gasteiger partial charge in [-0.2, -0.15) is 0 Å². The molecule has 2 atom stereocenters. The van der Waals surface area contributed by atoms with Gasteiger partial charge in [0.25, 0.3) is 0 Å². The zero-order valence-electron chi connectivity index (χ0n) is 11.1. The number of carbonyl (C=O) groups excluding carboxylic acids is 1. The molecule has 3 N–H and O–H groups in total. The van der Waals surface area contributed by atoms with Crippen LogP contribution >= 0.6 is 0 Å². The number of amides is 1. The lowest BCUT2D eigenvalue weighted by molar-refractivity contribution is -0.144. The Labute approximate surface area is 121 Å². The molecule has 7 nitrogen and oxygen atoms in total. The standard InChI is InChI=1S/C13H15NO6S/c1-9(15)12(13(17)18)14-11(16)7-8-21(19,20)10-5-3-2-4-6-10/h2-9,12,15H,1H3,(H,14,16)(H,17,18)/b8-7+/t9-,12+/m1/s1. The van der Waals surface area contributed by atoms with Crippen LogP contribution in [0.3, 0.4) is 0 Å². The SMILES string of the molecule is C[C@@H](O)[C@H](NC(=O)/C=C/S(=O)(=O)c1ccccc1)C(=O)O. The van der Waals surface area contributed by atoms with Crippen molar-refractivity contribution in [2.75, 3.05) is 0 Å². The van der Waals surface area contributed by atoms with E-state index in [-0.39, 0.29) is 4.90 Å². The fraction of sp³-hybridized carbons (Fsp3) is 0.231. The third-order valence-electron chi connectivity index (χ3n) is 2.52. The quantitative estimate of drug-likeness (QED) is 0.632. The molecule has 0 unspecified atom stereocenters. The van der Waals surface area contributed by atoms with Crippen molar-refractivity contribution in [3.8, 4) is 0 Å². The maximum Gasteiger partial charge on any atom is 0.328 e. The van der Waals surface area contributed by atoms with Crippen LogP contribution in [0.2, 0.25) is 0 Å². The summed E-state index contributed by atoms with van der Waals surface area (Å²) in [6.45, 7) is 1.20. The van der Waals surface area contributed by atoms with Gasteiger partial charge in [-0.1, -0.05) is 18.2 Å². The molecule has 0 radical (unpaired) electrons. The van der Waals surface area contributed by atoms with Gasteiger partial charge in [0.15, 0.2) is 15.9 Å². The number of aliphatic carboxylic acids is 1. The number of sulfone groups is 1. The van der Waals surface area contributed by atoms with E-state index in [1.807, 2.05) is 5.32 Å². The van der Waals surface area contributed by atoms with Crippen molar-refractivity contribution < 1.29 is 28.2 Å². The van der Waals surface area contributed by atoms with E-state index in [0.29, 0.717) is 11.5 Å². The number of aliphatic hydroxyl groups excluding tert-OH is 1. The molecule has 21 heavy (non-hydrogen) atoms. The molecule has 0 aliphatic rings. The second-order valence-electron chi connectivity index (χ2n) is 4.23. The molecule has 0 spiro atoms. The number of rotatable bonds is 6. The minimum absolute atomic E-state index is 0.0133. The fourth-order valence-corrected chi connectivity index (χ4v) is 2.43. The molecule has 0 aliphatic carbocycles. The maximum absolute atomic E-state index is 11.9. The Bertz CT molecular complexity index is 636. The number of carbonyl (C=O) groups is 2.